The van der Waals surface area contributed by atoms with Gasteiger partial charge in [0.25, 0.3) is 0 Å². The van der Waals surface area contributed by atoms with E-state index >= 15 is 0 Å². The van der Waals surface area contributed by atoms with E-state index in [2.05, 4.69) is 14.0 Å². The Labute approximate surface area is 55.7 Å². The van der Waals surface area contributed by atoms with E-state index < -0.39 is 0 Å². The molecular weight excluding hydrogens is 189 g/mol. The predicted molar refractivity (Wildman–Crippen MR) is 21.2 cm³/mol. The van der Waals surface area contributed by atoms with Gasteiger partial charge in [-0.05, 0) is 6.92 Å². The second-order valence-electron chi connectivity index (χ2n) is 1.95. The third-order valence-electron chi connectivity index (χ3n) is 1.31. The van der Waals surface area contributed by atoms with Crippen LogP contribution in [0.3, 0.4) is 0 Å². The van der Waals surface area contributed by atoms with E-state index in [0.29, 0.717) is 0 Å². The fraction of sp³-hybridized carbons (Fsp3) is 1.00. The van der Waals surface area contributed by atoms with Crippen molar-refractivity contribution in [2.24, 2.45) is 0 Å². The summed E-state index contributed by atoms with van der Waals surface area (Å²) in [6, 6.07) is 0.968. The molecule has 0 radical (unpaired) electrons. The lowest BCUT2D eigenvalue weighted by Crippen LogP contribution is -3.00. The van der Waals surface area contributed by atoms with E-state index in [1.807, 2.05) is 0 Å². The summed E-state index contributed by atoms with van der Waals surface area (Å²) in [7, 11) is 2.21. The van der Waals surface area contributed by atoms with Crippen molar-refractivity contribution in [2.45, 2.75) is 13.0 Å². The van der Waals surface area contributed by atoms with Gasteiger partial charge in [0.2, 0.25) is 0 Å². The molecule has 2 heteroatoms. The number of likely N-dealkylation sites (N-methyl/N-ethyl adjacent to an activating group) is 1. The fourth-order valence-electron chi connectivity index (χ4n) is 0.424. The molecule has 1 N–H and O–H groups in total. The van der Waals surface area contributed by atoms with E-state index in [9.17, 15) is 0 Å². The average Bonchev–Trinajstić information content (AvgIpc) is 1.79. The molecule has 1 fully saturated rings. The maximum absolute atomic E-state index is 2.26. The van der Waals surface area contributed by atoms with Crippen molar-refractivity contribution < 1.29 is 28.9 Å². The lowest BCUT2D eigenvalue weighted by molar-refractivity contribution is -0.748. The minimum absolute atomic E-state index is 0. The van der Waals surface area contributed by atoms with Crippen LogP contribution in [0, 0.1) is 0 Å². The van der Waals surface area contributed by atoms with Crippen molar-refractivity contribution in [3.63, 3.8) is 0 Å². The molecule has 0 aliphatic carbocycles. The van der Waals surface area contributed by atoms with Crippen LogP contribution in [0.1, 0.15) is 6.92 Å². The minimum atomic E-state index is 0. The highest BCUT2D eigenvalue weighted by atomic mass is 127. The average molecular weight is 199 g/mol. The number of quaternary nitrogens is 1. The molecule has 0 amide bonds. The highest BCUT2D eigenvalue weighted by molar-refractivity contribution is 4.52. The molecule has 0 aromatic carbocycles. The van der Waals surface area contributed by atoms with Crippen LogP contribution in [-0.2, 0) is 0 Å². The topological polar surface area (TPSA) is 4.44 Å². The molecule has 1 rings (SSSR count). The molecule has 0 aromatic rings. The van der Waals surface area contributed by atoms with Gasteiger partial charge in [0.05, 0.1) is 7.05 Å². The summed E-state index contributed by atoms with van der Waals surface area (Å²) in [5.74, 6) is 0. The zero-order valence-corrected chi connectivity index (χ0v) is 6.32. The Morgan fingerprint density at radius 1 is 1.67 bits per heavy atom. The van der Waals surface area contributed by atoms with Gasteiger partial charge in [-0.2, -0.15) is 0 Å². The van der Waals surface area contributed by atoms with Gasteiger partial charge in [0.15, 0.2) is 0 Å². The van der Waals surface area contributed by atoms with Crippen LogP contribution in [0.15, 0.2) is 0 Å². The van der Waals surface area contributed by atoms with Crippen molar-refractivity contribution in [1.82, 2.24) is 0 Å². The quantitative estimate of drug-likeness (QED) is 0.299. The minimum Gasteiger partial charge on any atom is -1.00 e. The van der Waals surface area contributed by atoms with Gasteiger partial charge in [-0.1, -0.05) is 0 Å². The summed E-state index contributed by atoms with van der Waals surface area (Å²) in [5, 5.41) is 0. The number of hydrogen-bond donors (Lipinski definition) is 1. The van der Waals surface area contributed by atoms with Crippen LogP contribution < -0.4 is 28.9 Å². The normalized spacial score (nSPS) is 41.0. The van der Waals surface area contributed by atoms with Crippen LogP contribution in [0.2, 0.25) is 0 Å². The molecule has 6 heavy (non-hydrogen) atoms. The lowest BCUT2D eigenvalue weighted by Gasteiger charge is -1.72. The van der Waals surface area contributed by atoms with E-state index in [1.54, 1.807) is 4.90 Å². The summed E-state index contributed by atoms with van der Waals surface area (Å²) in [6.07, 6.45) is 0. The van der Waals surface area contributed by atoms with E-state index in [1.165, 1.54) is 6.54 Å². The number of halogens is 1. The van der Waals surface area contributed by atoms with Crippen molar-refractivity contribution >= 4 is 0 Å². The molecule has 1 aliphatic heterocycles. The Morgan fingerprint density at radius 3 is 1.83 bits per heavy atom. The number of hydrogen-bond acceptors (Lipinski definition) is 0. The molecule has 0 bridgehead atoms. The number of nitrogens with one attached hydrogen (secondary N) is 1. The van der Waals surface area contributed by atoms with Crippen LogP contribution in [0.25, 0.3) is 0 Å². The molecule has 1 saturated heterocycles. The van der Waals surface area contributed by atoms with Crippen LogP contribution in [0.5, 0.6) is 0 Å². The van der Waals surface area contributed by atoms with Gasteiger partial charge in [-0.15, -0.1) is 0 Å². The first-order valence-corrected chi connectivity index (χ1v) is 2.13. The van der Waals surface area contributed by atoms with Crippen molar-refractivity contribution in [1.29, 1.82) is 0 Å². The molecule has 2 unspecified atom stereocenters. The fourth-order valence-corrected chi connectivity index (χ4v) is 0.424. The summed E-state index contributed by atoms with van der Waals surface area (Å²) in [6.45, 7) is 3.65. The SMILES string of the molecule is CC1C[NH+]1C.[I-]. The first kappa shape index (κ1) is 6.69. The second kappa shape index (κ2) is 2.12. The lowest BCUT2D eigenvalue weighted by atomic mass is 10.6. The van der Waals surface area contributed by atoms with E-state index in [-0.39, 0.29) is 24.0 Å². The Morgan fingerprint density at radius 2 is 1.83 bits per heavy atom. The van der Waals surface area contributed by atoms with Crippen LogP contribution >= 0.6 is 0 Å². The smallest absolute Gasteiger partial charge is 0.134 e. The molecule has 0 aromatic heterocycles. The molecule has 1 aliphatic rings. The zero-order valence-electron chi connectivity index (χ0n) is 4.16. The maximum atomic E-state index is 2.26. The zero-order chi connectivity index (χ0) is 3.86. The Bertz CT molecular complexity index is 40.8. The van der Waals surface area contributed by atoms with Gasteiger partial charge in [0.1, 0.15) is 12.6 Å². The Balaban J connectivity index is 0.000000250. The Hall–Kier alpha value is 0.690. The second-order valence-corrected chi connectivity index (χ2v) is 1.95. The highest BCUT2D eigenvalue weighted by Crippen LogP contribution is 1.77. The first-order valence-electron chi connectivity index (χ1n) is 2.13. The third kappa shape index (κ3) is 1.43. The largest absolute Gasteiger partial charge is 1.00 e. The van der Waals surface area contributed by atoms with E-state index in [4.69, 9.17) is 0 Å². The molecule has 38 valence electrons. The van der Waals surface area contributed by atoms with E-state index in [0.717, 1.165) is 6.04 Å². The summed E-state index contributed by atoms with van der Waals surface area (Å²) >= 11 is 0. The van der Waals surface area contributed by atoms with Gasteiger partial charge in [-0.3, -0.25) is 0 Å². The molecule has 1 heterocycles. The summed E-state index contributed by atoms with van der Waals surface area (Å²) in [4.78, 5) is 1.67. The van der Waals surface area contributed by atoms with Gasteiger partial charge >= 0.3 is 0 Å². The molecule has 0 saturated carbocycles. The highest BCUT2D eigenvalue weighted by Gasteiger charge is 2.29. The van der Waals surface area contributed by atoms with Crippen molar-refractivity contribution in [2.75, 3.05) is 13.6 Å². The van der Waals surface area contributed by atoms with Gasteiger partial charge < -0.3 is 28.9 Å². The maximum Gasteiger partial charge on any atom is 0.134 e. The van der Waals surface area contributed by atoms with Crippen LogP contribution in [-0.4, -0.2) is 19.6 Å². The molecule has 0 spiro atoms. The van der Waals surface area contributed by atoms with Gasteiger partial charge in [-0.25, -0.2) is 0 Å². The summed E-state index contributed by atoms with van der Waals surface area (Å²) < 4.78 is 0. The Kier molecular flexibility index (Phi) is 2.36. The van der Waals surface area contributed by atoms with Gasteiger partial charge in [0, 0.05) is 0 Å². The first-order chi connectivity index (χ1) is 2.30. The molecular formula is C4H10IN. The van der Waals surface area contributed by atoms with Crippen molar-refractivity contribution in [3.8, 4) is 0 Å². The third-order valence-corrected chi connectivity index (χ3v) is 1.31. The molecule has 1 nitrogen and oxygen atoms in total. The monoisotopic (exact) mass is 199 g/mol. The summed E-state index contributed by atoms with van der Waals surface area (Å²) in [5.41, 5.74) is 0. The predicted octanol–water partition coefficient (Wildman–Crippen LogP) is -4.09. The number of rotatable bonds is 0. The standard InChI is InChI=1S/C4H9N.HI/c1-4-3-5(4)2;/h4H,3H2,1-2H3;1H. The van der Waals surface area contributed by atoms with Crippen molar-refractivity contribution in [3.05, 3.63) is 0 Å². The van der Waals surface area contributed by atoms with Crippen LogP contribution in [0.4, 0.5) is 0 Å². The molecule has 2 atom stereocenters.